The highest BCUT2D eigenvalue weighted by Crippen LogP contribution is 2.23. The number of fused-ring (bicyclic) bond motifs is 2. The molecule has 0 aliphatic carbocycles. The molecular weight excluding hydrogens is 316 g/mol. The van der Waals surface area contributed by atoms with Gasteiger partial charge < -0.3 is 10.1 Å². The zero-order valence-corrected chi connectivity index (χ0v) is 13.5. The molecule has 1 aromatic carbocycles. The lowest BCUT2D eigenvalue weighted by molar-refractivity contribution is 0.318. The van der Waals surface area contributed by atoms with Crippen LogP contribution in [0, 0.1) is 0 Å². The van der Waals surface area contributed by atoms with E-state index in [9.17, 15) is 0 Å². The van der Waals surface area contributed by atoms with E-state index in [1.54, 1.807) is 18.6 Å². The van der Waals surface area contributed by atoms with Crippen molar-refractivity contribution in [2.75, 3.05) is 18.5 Å². The molecule has 0 amide bonds. The maximum absolute atomic E-state index is 5.88. The van der Waals surface area contributed by atoms with Gasteiger partial charge in [-0.25, -0.2) is 19.9 Å². The number of para-hydroxylation sites is 1. The second kappa shape index (κ2) is 7.04. The Balaban J connectivity index is 1.35. The van der Waals surface area contributed by atoms with E-state index in [1.807, 2.05) is 30.3 Å². The number of rotatable bonds is 6. The van der Waals surface area contributed by atoms with E-state index >= 15 is 0 Å². The zero-order chi connectivity index (χ0) is 16.9. The van der Waals surface area contributed by atoms with Crippen molar-refractivity contribution in [3.05, 3.63) is 55.2 Å². The Bertz CT molecular complexity index is 915. The van der Waals surface area contributed by atoms with E-state index in [1.165, 1.54) is 6.33 Å². The second-order valence-electron chi connectivity index (χ2n) is 5.41. The van der Waals surface area contributed by atoms with Gasteiger partial charge in [0.2, 0.25) is 0 Å². The fraction of sp³-hybridized carbons (Fsp3) is 0.167. The third-order valence-electron chi connectivity index (χ3n) is 3.74. The summed E-state index contributed by atoms with van der Waals surface area (Å²) in [7, 11) is 0. The van der Waals surface area contributed by atoms with Crippen LogP contribution < -0.4 is 10.1 Å². The minimum absolute atomic E-state index is 0.581. The molecule has 0 aliphatic rings. The molecule has 25 heavy (non-hydrogen) atoms. The van der Waals surface area contributed by atoms with Crippen LogP contribution in [-0.4, -0.2) is 38.1 Å². The summed E-state index contributed by atoms with van der Waals surface area (Å²) in [6.07, 6.45) is 7.32. The summed E-state index contributed by atoms with van der Waals surface area (Å²) in [6.45, 7) is 1.29. The molecule has 0 bridgehead atoms. The van der Waals surface area contributed by atoms with Crippen molar-refractivity contribution in [3.63, 3.8) is 0 Å². The first kappa shape index (κ1) is 15.2. The number of nitrogens with one attached hydrogen (secondary N) is 1. The summed E-state index contributed by atoms with van der Waals surface area (Å²) < 4.78 is 5.88. The Kier molecular flexibility index (Phi) is 4.28. The molecule has 0 aliphatic heterocycles. The quantitative estimate of drug-likeness (QED) is 0.543. The Morgan fingerprint density at radius 1 is 0.840 bits per heavy atom. The number of pyridine rings is 1. The monoisotopic (exact) mass is 332 g/mol. The molecule has 0 saturated carbocycles. The topological polar surface area (TPSA) is 85.7 Å². The third kappa shape index (κ3) is 3.30. The molecule has 7 heteroatoms. The summed E-state index contributed by atoms with van der Waals surface area (Å²) in [5.41, 5.74) is 2.14. The molecule has 0 atom stereocenters. The molecule has 0 radical (unpaired) electrons. The van der Waals surface area contributed by atoms with Crippen molar-refractivity contribution in [1.29, 1.82) is 0 Å². The number of benzene rings is 1. The van der Waals surface area contributed by atoms with Crippen molar-refractivity contribution < 1.29 is 4.74 Å². The highest BCUT2D eigenvalue weighted by Gasteiger charge is 2.05. The number of anilines is 1. The van der Waals surface area contributed by atoms with Crippen LogP contribution >= 0.6 is 0 Å². The summed E-state index contributed by atoms with van der Waals surface area (Å²) in [4.78, 5) is 21.2. The summed E-state index contributed by atoms with van der Waals surface area (Å²) >= 11 is 0. The van der Waals surface area contributed by atoms with Gasteiger partial charge in [-0.3, -0.25) is 4.98 Å². The molecule has 4 rings (SSSR count). The smallest absolute Gasteiger partial charge is 0.183 e. The maximum atomic E-state index is 5.88. The van der Waals surface area contributed by atoms with Crippen molar-refractivity contribution >= 4 is 27.9 Å². The van der Waals surface area contributed by atoms with Crippen molar-refractivity contribution in [3.8, 4) is 5.75 Å². The number of nitrogens with zero attached hydrogens (tertiary/aromatic N) is 5. The molecule has 4 aromatic rings. The number of hydrogen-bond acceptors (Lipinski definition) is 7. The first-order valence-corrected chi connectivity index (χ1v) is 8.04. The Labute approximate surface area is 144 Å². The fourth-order valence-corrected chi connectivity index (χ4v) is 2.58. The van der Waals surface area contributed by atoms with Gasteiger partial charge in [0.1, 0.15) is 23.1 Å². The van der Waals surface area contributed by atoms with E-state index in [4.69, 9.17) is 4.74 Å². The van der Waals surface area contributed by atoms with Gasteiger partial charge in [0.05, 0.1) is 6.61 Å². The highest BCUT2D eigenvalue weighted by molar-refractivity contribution is 5.84. The van der Waals surface area contributed by atoms with Gasteiger partial charge in [0.15, 0.2) is 11.5 Å². The van der Waals surface area contributed by atoms with Crippen LogP contribution in [0.2, 0.25) is 0 Å². The lowest BCUT2D eigenvalue weighted by Crippen LogP contribution is -2.09. The van der Waals surface area contributed by atoms with Gasteiger partial charge in [0, 0.05) is 30.5 Å². The van der Waals surface area contributed by atoms with Crippen molar-refractivity contribution in [2.45, 2.75) is 6.42 Å². The number of ether oxygens (including phenoxy) is 1. The average Bonchev–Trinajstić information content (AvgIpc) is 2.68. The van der Waals surface area contributed by atoms with Crippen molar-refractivity contribution in [2.24, 2.45) is 0 Å². The average molecular weight is 332 g/mol. The standard InChI is InChI=1S/C18H16N6O/c1-4-13-5-2-7-19-15(13)14(6-1)25-11-3-8-21-17-16-18(24-12-23-17)22-10-9-20-16/h1-2,4-7,9-10,12H,3,8,11H2,(H,21,22,23,24). The molecule has 1 N–H and O–H groups in total. The van der Waals surface area contributed by atoms with Crippen LogP contribution in [0.25, 0.3) is 22.1 Å². The molecule has 3 heterocycles. The van der Waals surface area contributed by atoms with Crippen LogP contribution in [0.4, 0.5) is 5.82 Å². The van der Waals surface area contributed by atoms with E-state index in [-0.39, 0.29) is 0 Å². The van der Waals surface area contributed by atoms with Crippen molar-refractivity contribution in [1.82, 2.24) is 24.9 Å². The van der Waals surface area contributed by atoms with Crippen LogP contribution in [0.3, 0.4) is 0 Å². The van der Waals surface area contributed by atoms with Gasteiger partial charge in [-0.15, -0.1) is 0 Å². The van der Waals surface area contributed by atoms with Crippen LogP contribution in [0.15, 0.2) is 55.2 Å². The Morgan fingerprint density at radius 2 is 1.72 bits per heavy atom. The largest absolute Gasteiger partial charge is 0.491 e. The fourth-order valence-electron chi connectivity index (χ4n) is 2.58. The number of aromatic nitrogens is 5. The summed E-state index contributed by atoms with van der Waals surface area (Å²) in [5.74, 6) is 1.49. The van der Waals surface area contributed by atoms with Gasteiger partial charge >= 0.3 is 0 Å². The number of hydrogen-bond donors (Lipinski definition) is 1. The van der Waals surface area contributed by atoms with Crippen LogP contribution in [0.5, 0.6) is 5.75 Å². The zero-order valence-electron chi connectivity index (χ0n) is 13.5. The second-order valence-corrected chi connectivity index (χ2v) is 5.41. The molecular formula is C18H16N6O. The van der Waals surface area contributed by atoms with Gasteiger partial charge in [-0.05, 0) is 18.6 Å². The van der Waals surface area contributed by atoms with Crippen LogP contribution in [0.1, 0.15) is 6.42 Å². The Morgan fingerprint density at radius 3 is 2.72 bits per heavy atom. The first-order valence-electron chi connectivity index (χ1n) is 8.04. The summed E-state index contributed by atoms with van der Waals surface area (Å²) in [5, 5.41) is 4.34. The maximum Gasteiger partial charge on any atom is 0.183 e. The predicted molar refractivity (Wildman–Crippen MR) is 95.5 cm³/mol. The van der Waals surface area contributed by atoms with E-state index < -0.39 is 0 Å². The summed E-state index contributed by atoms with van der Waals surface area (Å²) in [6, 6.07) is 9.89. The molecule has 0 saturated heterocycles. The third-order valence-corrected chi connectivity index (χ3v) is 3.74. The molecule has 7 nitrogen and oxygen atoms in total. The minimum atomic E-state index is 0.581. The lowest BCUT2D eigenvalue weighted by atomic mass is 10.2. The lowest BCUT2D eigenvalue weighted by Gasteiger charge is -2.10. The normalized spacial score (nSPS) is 10.9. The van der Waals surface area contributed by atoms with Crippen LogP contribution in [-0.2, 0) is 0 Å². The first-order chi connectivity index (χ1) is 12.4. The molecule has 124 valence electrons. The highest BCUT2D eigenvalue weighted by atomic mass is 16.5. The predicted octanol–water partition coefficient (Wildman–Crippen LogP) is 2.85. The van der Waals surface area contributed by atoms with E-state index in [2.05, 4.69) is 30.2 Å². The van der Waals surface area contributed by atoms with Gasteiger partial charge in [0.25, 0.3) is 0 Å². The minimum Gasteiger partial charge on any atom is -0.491 e. The molecule has 0 spiro atoms. The van der Waals surface area contributed by atoms with Gasteiger partial charge in [-0.2, -0.15) is 0 Å². The molecule has 0 fully saturated rings. The van der Waals surface area contributed by atoms with E-state index in [0.717, 1.165) is 23.1 Å². The molecule has 3 aromatic heterocycles. The van der Waals surface area contributed by atoms with Gasteiger partial charge in [-0.1, -0.05) is 18.2 Å². The SMILES string of the molecule is c1cnc2c(OCCCNc3ncnc4nccnc34)cccc2c1. The Hall–Kier alpha value is -3.35. The molecule has 0 unspecified atom stereocenters. The van der Waals surface area contributed by atoms with E-state index in [0.29, 0.717) is 30.1 Å².